The van der Waals surface area contributed by atoms with Crippen molar-refractivity contribution in [1.82, 2.24) is 4.90 Å². The standard InChI is InChI=1S/C17H16N2O3/c1-19(2)10-14(9-18)17(20)13-5-11-7-15-16(8-12(11)6-13)22-4-3-21-15/h5,7-8,10H,3-4,6H2,1-2H3. The van der Waals surface area contributed by atoms with Crippen LogP contribution in [0.25, 0.3) is 6.08 Å². The minimum atomic E-state index is -0.229. The fourth-order valence-corrected chi connectivity index (χ4v) is 2.59. The van der Waals surface area contributed by atoms with Gasteiger partial charge in [0.1, 0.15) is 24.9 Å². The first-order valence-corrected chi connectivity index (χ1v) is 7.04. The van der Waals surface area contributed by atoms with Gasteiger partial charge in [-0.1, -0.05) is 0 Å². The molecule has 1 aliphatic heterocycles. The molecule has 1 aromatic carbocycles. The van der Waals surface area contributed by atoms with Gasteiger partial charge in [0.05, 0.1) is 0 Å². The van der Waals surface area contributed by atoms with Crippen LogP contribution in [0.5, 0.6) is 11.5 Å². The van der Waals surface area contributed by atoms with Gasteiger partial charge in [-0.05, 0) is 29.3 Å². The Morgan fingerprint density at radius 1 is 1.27 bits per heavy atom. The molecule has 0 N–H and O–H groups in total. The van der Waals surface area contributed by atoms with Crippen LogP contribution in [0, 0.1) is 11.3 Å². The molecule has 1 aromatic rings. The minimum Gasteiger partial charge on any atom is -0.486 e. The molecule has 2 aliphatic rings. The number of carbonyl (C=O) groups excluding carboxylic acids is 1. The number of ether oxygens (including phenoxy) is 2. The Bertz CT molecular complexity index is 739. The van der Waals surface area contributed by atoms with Crippen LogP contribution in [-0.2, 0) is 11.2 Å². The Labute approximate surface area is 129 Å². The average Bonchev–Trinajstić information content (AvgIpc) is 2.92. The first-order valence-electron chi connectivity index (χ1n) is 7.04. The van der Waals surface area contributed by atoms with E-state index in [-0.39, 0.29) is 11.4 Å². The van der Waals surface area contributed by atoms with Gasteiger partial charge >= 0.3 is 0 Å². The molecule has 0 aromatic heterocycles. The Morgan fingerprint density at radius 3 is 2.59 bits per heavy atom. The monoisotopic (exact) mass is 296 g/mol. The van der Waals surface area contributed by atoms with E-state index in [0.29, 0.717) is 31.0 Å². The molecule has 0 saturated heterocycles. The predicted molar refractivity (Wildman–Crippen MR) is 81.5 cm³/mol. The van der Waals surface area contributed by atoms with E-state index in [1.807, 2.05) is 24.3 Å². The topological polar surface area (TPSA) is 62.6 Å². The van der Waals surface area contributed by atoms with Gasteiger partial charge in [0, 0.05) is 32.3 Å². The largest absolute Gasteiger partial charge is 0.486 e. The highest BCUT2D eigenvalue weighted by Gasteiger charge is 2.24. The van der Waals surface area contributed by atoms with Gasteiger partial charge in [-0.25, -0.2) is 0 Å². The quantitative estimate of drug-likeness (QED) is 0.630. The maximum Gasteiger partial charge on any atom is 0.201 e. The lowest BCUT2D eigenvalue weighted by Crippen LogP contribution is -2.15. The second-order valence-electron chi connectivity index (χ2n) is 5.49. The number of Topliss-reactive ketones (excluding diaryl/α,β-unsaturated/α-hetero) is 1. The van der Waals surface area contributed by atoms with Crippen LogP contribution >= 0.6 is 0 Å². The van der Waals surface area contributed by atoms with E-state index in [0.717, 1.165) is 16.9 Å². The highest BCUT2D eigenvalue weighted by Crippen LogP contribution is 2.38. The summed E-state index contributed by atoms with van der Waals surface area (Å²) in [5.41, 5.74) is 2.73. The lowest BCUT2D eigenvalue weighted by atomic mass is 10.0. The molecule has 0 bridgehead atoms. The van der Waals surface area contributed by atoms with Crippen molar-refractivity contribution >= 4 is 11.9 Å². The lowest BCUT2D eigenvalue weighted by molar-refractivity contribution is -0.111. The predicted octanol–water partition coefficient (Wildman–Crippen LogP) is 1.94. The van der Waals surface area contributed by atoms with Crippen LogP contribution in [0.3, 0.4) is 0 Å². The molecule has 3 rings (SSSR count). The first kappa shape index (κ1) is 14.2. The van der Waals surface area contributed by atoms with E-state index in [4.69, 9.17) is 14.7 Å². The SMILES string of the molecule is CN(C)C=C(C#N)C(=O)C1=Cc2cc3c(cc2C1)OCCO3. The molecule has 5 heteroatoms. The summed E-state index contributed by atoms with van der Waals surface area (Å²) >= 11 is 0. The van der Waals surface area contributed by atoms with Crippen LogP contribution in [0.4, 0.5) is 0 Å². The number of allylic oxidation sites excluding steroid dienone is 2. The van der Waals surface area contributed by atoms with Crippen molar-refractivity contribution < 1.29 is 14.3 Å². The molecular formula is C17H16N2O3. The van der Waals surface area contributed by atoms with Gasteiger partial charge in [-0.2, -0.15) is 5.26 Å². The van der Waals surface area contributed by atoms with E-state index in [1.54, 1.807) is 25.2 Å². The number of nitrogens with zero attached hydrogens (tertiary/aromatic N) is 2. The number of nitriles is 1. The Hall–Kier alpha value is -2.74. The third-order valence-electron chi connectivity index (χ3n) is 3.56. The third kappa shape index (κ3) is 2.56. The van der Waals surface area contributed by atoms with E-state index >= 15 is 0 Å². The van der Waals surface area contributed by atoms with Crippen molar-refractivity contribution in [1.29, 1.82) is 5.26 Å². The fourth-order valence-electron chi connectivity index (χ4n) is 2.59. The molecule has 0 atom stereocenters. The number of ketones is 1. The Morgan fingerprint density at radius 2 is 1.95 bits per heavy atom. The van der Waals surface area contributed by atoms with Crippen LogP contribution in [0.2, 0.25) is 0 Å². The van der Waals surface area contributed by atoms with E-state index in [1.165, 1.54) is 0 Å². The van der Waals surface area contributed by atoms with E-state index in [2.05, 4.69) is 0 Å². The molecule has 22 heavy (non-hydrogen) atoms. The van der Waals surface area contributed by atoms with Gasteiger partial charge < -0.3 is 14.4 Å². The molecule has 112 valence electrons. The number of hydrogen-bond acceptors (Lipinski definition) is 5. The van der Waals surface area contributed by atoms with Gasteiger partial charge in [0.15, 0.2) is 11.5 Å². The number of hydrogen-bond donors (Lipinski definition) is 0. The van der Waals surface area contributed by atoms with Crippen LogP contribution in [0.15, 0.2) is 29.5 Å². The summed E-state index contributed by atoms with van der Waals surface area (Å²) in [6.45, 7) is 1.07. The van der Waals surface area contributed by atoms with Gasteiger partial charge in [0.25, 0.3) is 0 Å². The molecule has 0 spiro atoms. The number of benzene rings is 1. The summed E-state index contributed by atoms with van der Waals surface area (Å²) in [5.74, 6) is 1.20. The molecule has 5 nitrogen and oxygen atoms in total. The van der Waals surface area contributed by atoms with Gasteiger partial charge in [-0.3, -0.25) is 4.79 Å². The smallest absolute Gasteiger partial charge is 0.201 e. The van der Waals surface area contributed by atoms with Gasteiger partial charge in [0.2, 0.25) is 5.78 Å². The Balaban J connectivity index is 1.89. The highest BCUT2D eigenvalue weighted by molar-refractivity contribution is 6.14. The summed E-state index contributed by atoms with van der Waals surface area (Å²) in [5, 5.41) is 9.16. The average molecular weight is 296 g/mol. The van der Waals surface area contributed by atoms with E-state index in [9.17, 15) is 4.79 Å². The zero-order chi connectivity index (χ0) is 15.7. The van der Waals surface area contributed by atoms with Crippen LogP contribution < -0.4 is 9.47 Å². The molecule has 1 aliphatic carbocycles. The molecule has 1 heterocycles. The summed E-state index contributed by atoms with van der Waals surface area (Å²) in [4.78, 5) is 14.1. The van der Waals surface area contributed by atoms with Crippen molar-refractivity contribution in [2.75, 3.05) is 27.3 Å². The molecular weight excluding hydrogens is 280 g/mol. The summed E-state index contributed by atoms with van der Waals surface area (Å²) in [6, 6.07) is 5.79. The van der Waals surface area contributed by atoms with Crippen molar-refractivity contribution in [3.05, 3.63) is 40.6 Å². The van der Waals surface area contributed by atoms with Crippen LogP contribution in [-0.4, -0.2) is 38.0 Å². The lowest BCUT2D eigenvalue weighted by Gasteiger charge is -2.19. The zero-order valence-electron chi connectivity index (χ0n) is 12.5. The molecule has 0 radical (unpaired) electrons. The van der Waals surface area contributed by atoms with Crippen molar-refractivity contribution in [2.24, 2.45) is 0 Å². The summed E-state index contributed by atoms with van der Waals surface area (Å²) < 4.78 is 11.1. The summed E-state index contributed by atoms with van der Waals surface area (Å²) in [7, 11) is 3.57. The minimum absolute atomic E-state index is 0.140. The molecule has 0 amide bonds. The highest BCUT2D eigenvalue weighted by atomic mass is 16.6. The number of rotatable bonds is 3. The maximum atomic E-state index is 12.5. The van der Waals surface area contributed by atoms with Crippen molar-refractivity contribution in [3.63, 3.8) is 0 Å². The van der Waals surface area contributed by atoms with E-state index < -0.39 is 0 Å². The fraction of sp³-hybridized carbons (Fsp3) is 0.294. The Kier molecular flexibility index (Phi) is 3.60. The number of fused-ring (bicyclic) bond motifs is 2. The second-order valence-corrected chi connectivity index (χ2v) is 5.49. The number of carbonyl (C=O) groups is 1. The second kappa shape index (κ2) is 5.57. The molecule has 0 unspecified atom stereocenters. The van der Waals surface area contributed by atoms with Crippen molar-refractivity contribution in [3.8, 4) is 17.6 Å². The van der Waals surface area contributed by atoms with Crippen LogP contribution in [0.1, 0.15) is 11.1 Å². The normalized spacial score (nSPS) is 15.7. The first-order chi connectivity index (χ1) is 10.6. The molecule has 0 saturated carbocycles. The zero-order valence-corrected chi connectivity index (χ0v) is 12.5. The van der Waals surface area contributed by atoms with Gasteiger partial charge in [-0.15, -0.1) is 0 Å². The molecule has 0 fully saturated rings. The maximum absolute atomic E-state index is 12.5. The van der Waals surface area contributed by atoms with Crippen molar-refractivity contribution in [2.45, 2.75) is 6.42 Å². The summed E-state index contributed by atoms with van der Waals surface area (Å²) in [6.07, 6.45) is 3.89. The third-order valence-corrected chi connectivity index (χ3v) is 3.56.